The molecule has 2 N–H and O–H groups in total. The smallest absolute Gasteiger partial charge is 0.410 e. The summed E-state index contributed by atoms with van der Waals surface area (Å²) < 4.78 is 10.5. The number of nitrogens with zero attached hydrogens (tertiary/aromatic N) is 2. The van der Waals surface area contributed by atoms with Gasteiger partial charge in [-0.25, -0.2) is 9.79 Å². The third-order valence-corrected chi connectivity index (χ3v) is 3.71. The number of benzene rings is 1. The predicted molar refractivity (Wildman–Crippen MR) is 129 cm³/mol. The van der Waals surface area contributed by atoms with E-state index in [0.717, 1.165) is 23.6 Å². The second kappa shape index (κ2) is 13.6. The van der Waals surface area contributed by atoms with Crippen LogP contribution in [0.2, 0.25) is 0 Å². The van der Waals surface area contributed by atoms with Crippen molar-refractivity contribution >= 4 is 36.0 Å². The highest BCUT2D eigenvalue weighted by atomic mass is 127. The van der Waals surface area contributed by atoms with Crippen molar-refractivity contribution in [3.63, 3.8) is 0 Å². The third kappa shape index (κ3) is 11.9. The summed E-state index contributed by atoms with van der Waals surface area (Å²) in [6, 6.07) is 8.26. The summed E-state index contributed by atoms with van der Waals surface area (Å²) in [4.78, 5) is 18.3. The average Bonchev–Trinajstić information content (AvgIpc) is 2.59. The Balaban J connectivity index is 0.00000784. The molecule has 0 aromatic heterocycles. The normalized spacial score (nSPS) is 12.6. The largest absolute Gasteiger partial charge is 0.444 e. The second-order valence-corrected chi connectivity index (χ2v) is 7.85. The van der Waals surface area contributed by atoms with Crippen LogP contribution in [-0.4, -0.2) is 55.9 Å². The Morgan fingerprint density at radius 1 is 1.21 bits per heavy atom. The minimum atomic E-state index is -0.494. The summed E-state index contributed by atoms with van der Waals surface area (Å²) in [5.74, 6) is 0.765. The van der Waals surface area contributed by atoms with Crippen molar-refractivity contribution in [3.05, 3.63) is 35.4 Å². The average molecular weight is 520 g/mol. The van der Waals surface area contributed by atoms with Gasteiger partial charge in [0, 0.05) is 33.3 Å². The zero-order valence-electron chi connectivity index (χ0n) is 18.7. The first-order valence-electron chi connectivity index (χ1n) is 9.70. The second-order valence-electron chi connectivity index (χ2n) is 7.85. The van der Waals surface area contributed by atoms with Gasteiger partial charge in [-0.15, -0.1) is 24.0 Å². The lowest BCUT2D eigenvalue weighted by molar-refractivity contribution is 0.0285. The molecular formula is C21H37IN4O3. The van der Waals surface area contributed by atoms with E-state index in [0.29, 0.717) is 19.7 Å². The molecule has 1 rings (SSSR count). The number of hydrogen-bond donors (Lipinski definition) is 2. The first-order valence-corrected chi connectivity index (χ1v) is 9.70. The van der Waals surface area contributed by atoms with Crippen LogP contribution in [0, 0.1) is 0 Å². The topological polar surface area (TPSA) is 75.2 Å². The number of rotatable bonds is 8. The van der Waals surface area contributed by atoms with E-state index in [-0.39, 0.29) is 36.1 Å². The van der Waals surface area contributed by atoms with Crippen molar-refractivity contribution in [2.45, 2.75) is 59.4 Å². The SMILES string of the molecule is CCNC(=NCc1ccc(CN(C)C(=O)OC(C)(C)C)cc1)NC(C)COC.I. The molecule has 1 unspecified atom stereocenters. The number of carbonyl (C=O) groups excluding carboxylic acids is 1. The van der Waals surface area contributed by atoms with Crippen molar-refractivity contribution in [3.8, 4) is 0 Å². The summed E-state index contributed by atoms with van der Waals surface area (Å²) in [6.07, 6.45) is -0.326. The monoisotopic (exact) mass is 520 g/mol. The van der Waals surface area contributed by atoms with E-state index in [9.17, 15) is 4.79 Å². The lowest BCUT2D eigenvalue weighted by atomic mass is 10.1. The van der Waals surface area contributed by atoms with Crippen LogP contribution in [-0.2, 0) is 22.6 Å². The maximum absolute atomic E-state index is 12.1. The number of guanidine groups is 1. The Morgan fingerprint density at radius 3 is 2.31 bits per heavy atom. The van der Waals surface area contributed by atoms with Crippen LogP contribution in [0.4, 0.5) is 4.79 Å². The highest BCUT2D eigenvalue weighted by Gasteiger charge is 2.19. The van der Waals surface area contributed by atoms with Crippen molar-refractivity contribution < 1.29 is 14.3 Å². The molecule has 0 spiro atoms. The van der Waals surface area contributed by atoms with Crippen LogP contribution in [0.15, 0.2) is 29.3 Å². The molecule has 166 valence electrons. The van der Waals surface area contributed by atoms with Crippen molar-refractivity contribution in [2.24, 2.45) is 4.99 Å². The lowest BCUT2D eigenvalue weighted by Crippen LogP contribution is -2.43. The number of carbonyl (C=O) groups is 1. The van der Waals surface area contributed by atoms with Gasteiger partial charge in [-0.2, -0.15) is 0 Å². The molecule has 0 aliphatic carbocycles. The fourth-order valence-electron chi connectivity index (χ4n) is 2.44. The van der Waals surface area contributed by atoms with E-state index in [1.54, 1.807) is 19.1 Å². The summed E-state index contributed by atoms with van der Waals surface area (Å²) in [5.41, 5.74) is 1.65. The first-order chi connectivity index (χ1) is 13.1. The maximum atomic E-state index is 12.1. The summed E-state index contributed by atoms with van der Waals surface area (Å²) in [5, 5.41) is 6.55. The van der Waals surface area contributed by atoms with Crippen molar-refractivity contribution in [1.82, 2.24) is 15.5 Å². The molecule has 0 aliphatic heterocycles. The van der Waals surface area contributed by atoms with Gasteiger partial charge in [0.2, 0.25) is 0 Å². The Labute approximate surface area is 192 Å². The molecule has 1 aromatic carbocycles. The van der Waals surface area contributed by atoms with E-state index in [4.69, 9.17) is 9.47 Å². The van der Waals surface area contributed by atoms with Gasteiger partial charge in [-0.1, -0.05) is 24.3 Å². The Hall–Kier alpha value is -1.55. The van der Waals surface area contributed by atoms with E-state index < -0.39 is 5.60 Å². The van der Waals surface area contributed by atoms with Crippen molar-refractivity contribution in [2.75, 3.05) is 27.3 Å². The molecule has 0 heterocycles. The molecule has 0 aliphatic rings. The molecule has 0 bridgehead atoms. The van der Waals surface area contributed by atoms with E-state index in [1.165, 1.54) is 0 Å². The van der Waals surface area contributed by atoms with E-state index >= 15 is 0 Å². The predicted octanol–water partition coefficient (Wildman–Crippen LogP) is 3.76. The van der Waals surface area contributed by atoms with Crippen molar-refractivity contribution in [1.29, 1.82) is 0 Å². The molecular weight excluding hydrogens is 483 g/mol. The number of hydrogen-bond acceptors (Lipinski definition) is 4. The molecule has 0 saturated carbocycles. The zero-order valence-corrected chi connectivity index (χ0v) is 21.1. The summed E-state index contributed by atoms with van der Waals surface area (Å²) >= 11 is 0. The van der Waals surface area contributed by atoms with Gasteiger partial charge in [-0.3, -0.25) is 0 Å². The lowest BCUT2D eigenvalue weighted by Gasteiger charge is -2.24. The molecule has 1 amide bonds. The molecule has 0 radical (unpaired) electrons. The standard InChI is InChI=1S/C21H36N4O3.HI/c1-8-22-19(24-16(2)15-27-7)23-13-17-9-11-18(12-10-17)14-25(6)20(26)28-21(3,4)5;/h9-12,16H,8,13-15H2,1-7H3,(H2,22,23,24);1H. The van der Waals surface area contributed by atoms with Gasteiger partial charge in [-0.05, 0) is 45.7 Å². The zero-order chi connectivity index (χ0) is 21.2. The number of aliphatic imine (C=N–C) groups is 1. The quantitative estimate of drug-likeness (QED) is 0.310. The molecule has 0 saturated heterocycles. The highest BCUT2D eigenvalue weighted by molar-refractivity contribution is 14.0. The number of halogens is 1. The van der Waals surface area contributed by atoms with Crippen LogP contribution >= 0.6 is 24.0 Å². The minimum Gasteiger partial charge on any atom is -0.444 e. The first kappa shape index (κ1) is 27.5. The Kier molecular flexibility index (Phi) is 12.9. The number of amides is 1. The minimum absolute atomic E-state index is 0. The molecule has 7 nitrogen and oxygen atoms in total. The van der Waals surface area contributed by atoms with Gasteiger partial charge in [0.25, 0.3) is 0 Å². The number of nitrogens with one attached hydrogen (secondary N) is 2. The van der Waals surface area contributed by atoms with Gasteiger partial charge < -0.3 is 25.0 Å². The van der Waals surface area contributed by atoms with E-state index in [1.807, 2.05) is 58.9 Å². The Morgan fingerprint density at radius 2 is 1.79 bits per heavy atom. The van der Waals surface area contributed by atoms with Crippen LogP contribution in [0.1, 0.15) is 45.7 Å². The maximum Gasteiger partial charge on any atom is 0.410 e. The van der Waals surface area contributed by atoms with Crippen LogP contribution in [0.25, 0.3) is 0 Å². The fraction of sp³-hybridized carbons (Fsp3) is 0.619. The summed E-state index contributed by atoms with van der Waals surface area (Å²) in [6.45, 7) is 12.1. The van der Waals surface area contributed by atoms with Gasteiger partial charge >= 0.3 is 6.09 Å². The number of ether oxygens (including phenoxy) is 2. The van der Waals surface area contributed by atoms with Gasteiger partial charge in [0.15, 0.2) is 5.96 Å². The van der Waals surface area contributed by atoms with Crippen LogP contribution in [0.5, 0.6) is 0 Å². The summed E-state index contributed by atoms with van der Waals surface area (Å²) in [7, 11) is 3.42. The molecule has 1 aromatic rings. The van der Waals surface area contributed by atoms with Crippen LogP contribution < -0.4 is 10.6 Å². The number of methoxy groups -OCH3 is 1. The van der Waals surface area contributed by atoms with Crippen LogP contribution in [0.3, 0.4) is 0 Å². The van der Waals surface area contributed by atoms with Gasteiger partial charge in [0.1, 0.15) is 5.60 Å². The van der Waals surface area contributed by atoms with E-state index in [2.05, 4.69) is 15.6 Å². The molecule has 0 fully saturated rings. The fourth-order valence-corrected chi connectivity index (χ4v) is 2.44. The Bertz CT molecular complexity index is 630. The molecule has 1 atom stereocenters. The third-order valence-electron chi connectivity index (χ3n) is 3.71. The molecule has 29 heavy (non-hydrogen) atoms. The van der Waals surface area contributed by atoms with Gasteiger partial charge in [0.05, 0.1) is 13.2 Å². The highest BCUT2D eigenvalue weighted by Crippen LogP contribution is 2.12. The molecule has 8 heteroatoms.